The fourth-order valence-electron chi connectivity index (χ4n) is 2.11. The Hall–Kier alpha value is -0.860. The third-order valence-electron chi connectivity index (χ3n) is 3.36. The lowest BCUT2D eigenvalue weighted by molar-refractivity contribution is 0.103. The lowest BCUT2D eigenvalue weighted by Gasteiger charge is -2.41. The summed E-state index contributed by atoms with van der Waals surface area (Å²) in [5.41, 5.74) is 8.60. The van der Waals surface area contributed by atoms with Crippen molar-refractivity contribution in [1.82, 2.24) is 4.90 Å². The molecule has 0 bridgehead atoms. The maximum Gasteiger partial charge on any atom is 0.0321 e. The van der Waals surface area contributed by atoms with Gasteiger partial charge in [0.2, 0.25) is 0 Å². The number of nitrogens with two attached hydrogens (primary N) is 1. The van der Waals surface area contributed by atoms with Crippen molar-refractivity contribution >= 4 is 0 Å². The molecular weight excluding hydrogens is 184 g/mol. The predicted molar refractivity (Wildman–Crippen MR) is 63.8 cm³/mol. The molecule has 1 atom stereocenters. The van der Waals surface area contributed by atoms with Gasteiger partial charge in [-0.25, -0.2) is 0 Å². The van der Waals surface area contributed by atoms with Crippen molar-refractivity contribution in [3.63, 3.8) is 0 Å². The van der Waals surface area contributed by atoms with Crippen LogP contribution in [0.4, 0.5) is 0 Å². The first-order valence-corrected chi connectivity index (χ1v) is 5.79. The number of nitrogens with zero attached hydrogens (tertiary/aromatic N) is 1. The molecule has 0 aromatic heterocycles. The Kier molecular flexibility index (Phi) is 3.08. The van der Waals surface area contributed by atoms with Crippen LogP contribution in [-0.2, 0) is 6.42 Å². The van der Waals surface area contributed by atoms with E-state index in [1.165, 1.54) is 11.1 Å². The number of aryl methyl sites for hydroxylation is 1. The molecule has 0 saturated carbocycles. The standard InChI is InChI=1S/C13H20N2/c1-3-11-4-6-12(7-5-11)10(2)15-8-13(14)9-15/h4-7,10,13H,3,8-9,14H2,1-2H3. The van der Waals surface area contributed by atoms with E-state index in [0.29, 0.717) is 12.1 Å². The average molecular weight is 204 g/mol. The Morgan fingerprint density at radius 1 is 1.33 bits per heavy atom. The van der Waals surface area contributed by atoms with Gasteiger partial charge in [-0.1, -0.05) is 31.2 Å². The van der Waals surface area contributed by atoms with Crippen molar-refractivity contribution < 1.29 is 0 Å². The molecule has 2 N–H and O–H groups in total. The van der Waals surface area contributed by atoms with Gasteiger partial charge < -0.3 is 5.73 Å². The zero-order valence-electron chi connectivity index (χ0n) is 9.61. The molecule has 2 rings (SSSR count). The number of benzene rings is 1. The van der Waals surface area contributed by atoms with Crippen LogP contribution in [0.25, 0.3) is 0 Å². The first-order chi connectivity index (χ1) is 7.20. The largest absolute Gasteiger partial charge is 0.325 e. The molecule has 82 valence electrons. The van der Waals surface area contributed by atoms with Crippen molar-refractivity contribution in [3.8, 4) is 0 Å². The van der Waals surface area contributed by atoms with Crippen LogP contribution in [0.15, 0.2) is 24.3 Å². The first kappa shape index (κ1) is 10.7. The maximum absolute atomic E-state index is 5.79. The third-order valence-corrected chi connectivity index (χ3v) is 3.36. The van der Waals surface area contributed by atoms with Crippen LogP contribution in [0.2, 0.25) is 0 Å². The Morgan fingerprint density at radius 2 is 1.93 bits per heavy atom. The van der Waals surface area contributed by atoms with Gasteiger partial charge in [-0.15, -0.1) is 0 Å². The molecule has 1 saturated heterocycles. The second kappa shape index (κ2) is 4.33. The summed E-state index contributed by atoms with van der Waals surface area (Å²) >= 11 is 0. The van der Waals surface area contributed by atoms with Crippen LogP contribution in [0.5, 0.6) is 0 Å². The topological polar surface area (TPSA) is 29.3 Å². The molecule has 0 amide bonds. The number of rotatable bonds is 3. The lowest BCUT2D eigenvalue weighted by atomic mass is 9.99. The minimum Gasteiger partial charge on any atom is -0.325 e. The summed E-state index contributed by atoms with van der Waals surface area (Å²) in [4.78, 5) is 2.42. The summed E-state index contributed by atoms with van der Waals surface area (Å²) in [5.74, 6) is 0. The van der Waals surface area contributed by atoms with Crippen LogP contribution in [0.3, 0.4) is 0 Å². The normalized spacial score (nSPS) is 19.9. The minimum atomic E-state index is 0.391. The minimum absolute atomic E-state index is 0.391. The lowest BCUT2D eigenvalue weighted by Crippen LogP contribution is -2.56. The van der Waals surface area contributed by atoms with Gasteiger partial charge in [0.25, 0.3) is 0 Å². The van der Waals surface area contributed by atoms with Crippen molar-refractivity contribution in [2.45, 2.75) is 32.4 Å². The Morgan fingerprint density at radius 3 is 2.40 bits per heavy atom. The molecule has 2 heteroatoms. The highest BCUT2D eigenvalue weighted by Gasteiger charge is 2.27. The molecule has 1 aromatic carbocycles. The van der Waals surface area contributed by atoms with Gasteiger partial charge in [0.1, 0.15) is 0 Å². The van der Waals surface area contributed by atoms with E-state index >= 15 is 0 Å². The highest BCUT2D eigenvalue weighted by atomic mass is 15.2. The molecule has 0 aliphatic carbocycles. The van der Waals surface area contributed by atoms with E-state index < -0.39 is 0 Å². The van der Waals surface area contributed by atoms with Gasteiger partial charge in [0.15, 0.2) is 0 Å². The summed E-state index contributed by atoms with van der Waals surface area (Å²) in [6.45, 7) is 6.52. The molecular formula is C13H20N2. The van der Waals surface area contributed by atoms with E-state index in [0.717, 1.165) is 19.5 Å². The van der Waals surface area contributed by atoms with E-state index in [1.807, 2.05) is 0 Å². The SMILES string of the molecule is CCc1ccc(C(C)N2CC(N)C2)cc1. The number of hydrogen-bond donors (Lipinski definition) is 1. The second-order valence-corrected chi connectivity index (χ2v) is 4.49. The molecule has 1 aromatic rings. The van der Waals surface area contributed by atoms with Crippen LogP contribution >= 0.6 is 0 Å². The number of hydrogen-bond acceptors (Lipinski definition) is 2. The monoisotopic (exact) mass is 204 g/mol. The van der Waals surface area contributed by atoms with Crippen LogP contribution in [0, 0.1) is 0 Å². The Balaban J connectivity index is 2.02. The number of likely N-dealkylation sites (tertiary alicyclic amines) is 1. The van der Waals surface area contributed by atoms with E-state index in [9.17, 15) is 0 Å². The van der Waals surface area contributed by atoms with E-state index in [4.69, 9.17) is 5.73 Å². The van der Waals surface area contributed by atoms with Crippen molar-refractivity contribution in [2.24, 2.45) is 5.73 Å². The van der Waals surface area contributed by atoms with Crippen LogP contribution in [0.1, 0.15) is 31.0 Å². The molecule has 0 radical (unpaired) electrons. The summed E-state index contributed by atoms with van der Waals surface area (Å²) < 4.78 is 0. The summed E-state index contributed by atoms with van der Waals surface area (Å²) in [6.07, 6.45) is 1.11. The molecule has 1 fully saturated rings. The molecule has 1 unspecified atom stereocenters. The van der Waals surface area contributed by atoms with Crippen molar-refractivity contribution in [1.29, 1.82) is 0 Å². The van der Waals surface area contributed by atoms with Crippen molar-refractivity contribution in [2.75, 3.05) is 13.1 Å². The van der Waals surface area contributed by atoms with E-state index in [2.05, 4.69) is 43.0 Å². The van der Waals surface area contributed by atoms with Crippen LogP contribution < -0.4 is 5.73 Å². The van der Waals surface area contributed by atoms with Gasteiger partial charge in [0.05, 0.1) is 0 Å². The highest BCUT2D eigenvalue weighted by Crippen LogP contribution is 2.24. The zero-order valence-corrected chi connectivity index (χ0v) is 9.61. The van der Waals surface area contributed by atoms with Gasteiger partial charge in [-0.05, 0) is 24.5 Å². The van der Waals surface area contributed by atoms with E-state index in [-0.39, 0.29) is 0 Å². The fourth-order valence-corrected chi connectivity index (χ4v) is 2.11. The van der Waals surface area contributed by atoms with Crippen LogP contribution in [-0.4, -0.2) is 24.0 Å². The maximum atomic E-state index is 5.79. The second-order valence-electron chi connectivity index (χ2n) is 4.49. The third kappa shape index (κ3) is 2.21. The molecule has 0 spiro atoms. The Bertz CT molecular complexity index is 312. The summed E-state index contributed by atoms with van der Waals surface area (Å²) in [6, 6.07) is 9.84. The summed E-state index contributed by atoms with van der Waals surface area (Å²) in [5, 5.41) is 0. The zero-order chi connectivity index (χ0) is 10.8. The summed E-state index contributed by atoms with van der Waals surface area (Å²) in [7, 11) is 0. The molecule has 15 heavy (non-hydrogen) atoms. The van der Waals surface area contributed by atoms with Gasteiger partial charge >= 0.3 is 0 Å². The molecule has 1 heterocycles. The fraction of sp³-hybridized carbons (Fsp3) is 0.538. The predicted octanol–water partition coefficient (Wildman–Crippen LogP) is 1.95. The van der Waals surface area contributed by atoms with Gasteiger partial charge in [-0.3, -0.25) is 4.90 Å². The quantitative estimate of drug-likeness (QED) is 0.815. The average Bonchev–Trinajstić information content (AvgIpc) is 2.24. The van der Waals surface area contributed by atoms with E-state index in [1.54, 1.807) is 0 Å². The van der Waals surface area contributed by atoms with Gasteiger partial charge in [-0.2, -0.15) is 0 Å². The highest BCUT2D eigenvalue weighted by molar-refractivity contribution is 5.25. The Labute approximate surface area is 92.1 Å². The smallest absolute Gasteiger partial charge is 0.0321 e. The first-order valence-electron chi connectivity index (χ1n) is 5.79. The molecule has 1 aliphatic rings. The van der Waals surface area contributed by atoms with Gasteiger partial charge in [0, 0.05) is 25.2 Å². The molecule has 1 aliphatic heterocycles. The van der Waals surface area contributed by atoms with Crippen molar-refractivity contribution in [3.05, 3.63) is 35.4 Å². The molecule has 2 nitrogen and oxygen atoms in total.